The summed E-state index contributed by atoms with van der Waals surface area (Å²) in [4.78, 5) is -0.304. The Morgan fingerprint density at radius 2 is 1.13 bits per heavy atom. The van der Waals surface area contributed by atoms with E-state index in [0.717, 1.165) is 11.1 Å². The lowest BCUT2D eigenvalue weighted by Crippen LogP contribution is -2.38. The number of benzene rings is 3. The summed E-state index contributed by atoms with van der Waals surface area (Å²) in [5, 5.41) is 0. The molecule has 0 radical (unpaired) electrons. The van der Waals surface area contributed by atoms with E-state index in [1.807, 2.05) is 0 Å². The van der Waals surface area contributed by atoms with Crippen LogP contribution >= 0.6 is 0 Å². The van der Waals surface area contributed by atoms with E-state index in [9.17, 15) is 21.2 Å². The average Bonchev–Trinajstić information content (AvgIpc) is 2.72. The van der Waals surface area contributed by atoms with Crippen molar-refractivity contribution in [2.45, 2.75) is 23.6 Å². The van der Waals surface area contributed by atoms with Crippen molar-refractivity contribution < 1.29 is 21.2 Å². The van der Waals surface area contributed by atoms with E-state index in [4.69, 9.17) is 0 Å². The third-order valence-electron chi connectivity index (χ3n) is 4.75. The van der Waals surface area contributed by atoms with Crippen molar-refractivity contribution in [3.63, 3.8) is 0 Å². The van der Waals surface area contributed by atoms with Crippen LogP contribution in [0.25, 0.3) is 5.57 Å². The molecule has 8 heteroatoms. The summed E-state index contributed by atoms with van der Waals surface area (Å²) in [6.45, 7) is 6.93. The predicted octanol–water partition coefficient (Wildman–Crippen LogP) is 4.54. The quantitative estimate of drug-likeness (QED) is 0.520. The minimum atomic E-state index is -4.43. The van der Waals surface area contributed by atoms with E-state index in [1.165, 1.54) is 48.5 Å². The van der Waals surface area contributed by atoms with Crippen LogP contribution in [0.2, 0.25) is 0 Å². The van der Waals surface area contributed by atoms with Crippen LogP contribution < -0.4 is 0 Å². The van der Waals surface area contributed by atoms with E-state index in [2.05, 4.69) is 6.58 Å². The fourth-order valence-electron chi connectivity index (χ4n) is 2.89. The third kappa shape index (κ3) is 4.92. The minimum Gasteiger partial charge on any atom is -0.207 e. The first kappa shape index (κ1) is 22.9. The van der Waals surface area contributed by atoms with Gasteiger partial charge in [0.15, 0.2) is 0 Å². The summed E-state index contributed by atoms with van der Waals surface area (Å²) in [7, 11) is -8.87. The van der Waals surface area contributed by atoms with Crippen molar-refractivity contribution in [3.8, 4) is 0 Å². The van der Waals surface area contributed by atoms with Gasteiger partial charge in [-0.25, -0.2) is 21.2 Å². The third-order valence-corrected chi connectivity index (χ3v) is 8.99. The number of halogens is 1. The highest BCUT2D eigenvalue weighted by Gasteiger charge is 2.37. The molecule has 0 heterocycles. The molecular weight excluding hydrogens is 437 g/mol. The van der Waals surface area contributed by atoms with E-state index in [-0.39, 0.29) is 15.4 Å². The monoisotopic (exact) mass is 459 g/mol. The molecule has 0 bridgehead atoms. The van der Waals surface area contributed by atoms with Gasteiger partial charge >= 0.3 is 0 Å². The van der Waals surface area contributed by atoms with E-state index in [1.54, 1.807) is 38.1 Å². The van der Waals surface area contributed by atoms with Crippen LogP contribution in [0.15, 0.2) is 89.2 Å². The second kappa shape index (κ2) is 8.74. The largest absolute Gasteiger partial charge is 0.256 e. The zero-order valence-corrected chi connectivity index (χ0v) is 18.8. The molecular formula is C23H22FNO4S2. The first-order valence-corrected chi connectivity index (χ1v) is 12.2. The molecule has 0 spiro atoms. The van der Waals surface area contributed by atoms with Gasteiger partial charge in [-0.2, -0.15) is 0 Å². The van der Waals surface area contributed by atoms with Gasteiger partial charge in [-0.15, -0.1) is 0 Å². The van der Waals surface area contributed by atoms with Gasteiger partial charge in [0, 0.05) is 0 Å². The average molecular weight is 460 g/mol. The Labute approximate surface area is 182 Å². The van der Waals surface area contributed by atoms with Crippen LogP contribution in [0.5, 0.6) is 0 Å². The lowest BCUT2D eigenvalue weighted by atomic mass is 10.1. The topological polar surface area (TPSA) is 71.5 Å². The highest BCUT2D eigenvalue weighted by atomic mass is 32.3. The van der Waals surface area contributed by atoms with Crippen molar-refractivity contribution >= 4 is 25.6 Å². The normalized spacial score (nSPS) is 12.1. The molecule has 0 aliphatic carbocycles. The van der Waals surface area contributed by atoms with E-state index >= 15 is 0 Å². The molecule has 0 aliphatic heterocycles. The zero-order valence-electron chi connectivity index (χ0n) is 17.1. The molecule has 5 nitrogen and oxygen atoms in total. The first-order chi connectivity index (χ1) is 14.5. The summed E-state index contributed by atoms with van der Waals surface area (Å²) in [6, 6.07) is 17.1. The molecule has 0 fully saturated rings. The molecule has 0 unspecified atom stereocenters. The maximum Gasteiger partial charge on any atom is 0.256 e. The van der Waals surface area contributed by atoms with Crippen LogP contribution in [0.4, 0.5) is 4.39 Å². The van der Waals surface area contributed by atoms with E-state index < -0.39 is 32.4 Å². The van der Waals surface area contributed by atoms with Gasteiger partial charge in [0.2, 0.25) is 0 Å². The van der Waals surface area contributed by atoms with Crippen LogP contribution in [0.1, 0.15) is 16.7 Å². The van der Waals surface area contributed by atoms with Gasteiger partial charge in [-0.05, 0) is 61.4 Å². The molecule has 0 saturated heterocycles. The second-order valence-electron chi connectivity index (χ2n) is 7.18. The lowest BCUT2D eigenvalue weighted by molar-refractivity contribution is 0.515. The van der Waals surface area contributed by atoms with Crippen molar-refractivity contribution in [2.75, 3.05) is 6.54 Å². The first-order valence-electron chi connectivity index (χ1n) is 9.37. The Kier molecular flexibility index (Phi) is 6.45. The number of hydrogen-bond acceptors (Lipinski definition) is 4. The second-order valence-corrected chi connectivity index (χ2v) is 11.1. The van der Waals surface area contributed by atoms with Crippen molar-refractivity contribution in [3.05, 3.63) is 102 Å². The van der Waals surface area contributed by atoms with Crippen LogP contribution in [-0.4, -0.2) is 27.1 Å². The molecule has 0 aliphatic rings. The molecule has 162 valence electrons. The molecule has 0 aromatic heterocycles. The smallest absolute Gasteiger partial charge is 0.207 e. The summed E-state index contributed by atoms with van der Waals surface area (Å²) in [5.74, 6) is -0.465. The number of nitrogens with zero attached hydrogens (tertiary/aromatic N) is 1. The molecule has 3 aromatic rings. The molecule has 3 rings (SSSR count). The summed E-state index contributed by atoms with van der Waals surface area (Å²) >= 11 is 0. The Morgan fingerprint density at radius 1 is 0.742 bits per heavy atom. The molecule has 3 aromatic carbocycles. The molecule has 0 amide bonds. The fourth-order valence-corrected chi connectivity index (χ4v) is 6.52. The highest BCUT2D eigenvalue weighted by molar-refractivity contribution is 8.04. The maximum absolute atomic E-state index is 13.4. The van der Waals surface area contributed by atoms with Gasteiger partial charge in [-0.3, -0.25) is 0 Å². The molecule has 0 atom stereocenters. The van der Waals surface area contributed by atoms with E-state index in [0.29, 0.717) is 9.27 Å². The summed E-state index contributed by atoms with van der Waals surface area (Å²) in [5.41, 5.74) is 2.32. The number of rotatable bonds is 7. The summed E-state index contributed by atoms with van der Waals surface area (Å²) in [6.07, 6.45) is 0. The van der Waals surface area contributed by atoms with Gasteiger partial charge in [0.05, 0.1) is 16.3 Å². The lowest BCUT2D eigenvalue weighted by Gasteiger charge is -2.23. The van der Waals surface area contributed by atoms with Gasteiger partial charge in [0.25, 0.3) is 20.0 Å². The Bertz CT molecular complexity index is 1220. The molecule has 31 heavy (non-hydrogen) atoms. The van der Waals surface area contributed by atoms with Crippen LogP contribution in [-0.2, 0) is 20.0 Å². The number of aryl methyl sites for hydroxylation is 2. The van der Waals surface area contributed by atoms with Crippen molar-refractivity contribution in [2.24, 2.45) is 0 Å². The van der Waals surface area contributed by atoms with Gasteiger partial charge in [-0.1, -0.05) is 57.8 Å². The molecule has 0 saturated carbocycles. The summed E-state index contributed by atoms with van der Waals surface area (Å²) < 4.78 is 67.3. The van der Waals surface area contributed by atoms with Crippen LogP contribution in [0, 0.1) is 19.7 Å². The Balaban J connectivity index is 2.11. The fraction of sp³-hybridized carbons (Fsp3) is 0.130. The minimum absolute atomic E-state index is 0.152. The maximum atomic E-state index is 13.4. The van der Waals surface area contributed by atoms with Crippen LogP contribution in [0.3, 0.4) is 0 Å². The Hall–Kier alpha value is -2.81. The highest BCUT2D eigenvalue weighted by Crippen LogP contribution is 2.28. The van der Waals surface area contributed by atoms with Crippen molar-refractivity contribution in [1.82, 2.24) is 3.71 Å². The SMILES string of the molecule is C=C(CN(S(=O)(=O)c1ccc(C)cc1)S(=O)(=O)c1ccc(C)cc1)c1ccc(F)cc1. The number of hydrogen-bond donors (Lipinski definition) is 0. The molecule has 0 N–H and O–H groups in total. The standard InChI is InChI=1S/C23H22FNO4S2/c1-17-4-12-22(13-5-17)30(26,27)25(16-19(3)20-8-10-21(24)11-9-20)31(28,29)23-14-6-18(2)7-15-23/h4-15H,3,16H2,1-2H3. The predicted molar refractivity (Wildman–Crippen MR) is 119 cm³/mol. The Morgan fingerprint density at radius 3 is 1.52 bits per heavy atom. The van der Waals surface area contributed by atoms with Gasteiger partial charge < -0.3 is 0 Å². The van der Waals surface area contributed by atoms with Gasteiger partial charge in [0.1, 0.15) is 5.82 Å². The van der Waals surface area contributed by atoms with Crippen molar-refractivity contribution in [1.29, 1.82) is 0 Å². The number of sulfonamides is 2. The zero-order chi connectivity index (χ0) is 22.8.